The molecule has 1 heterocycles. The van der Waals surface area contributed by atoms with Gasteiger partial charge in [-0.05, 0) is 80.8 Å². The summed E-state index contributed by atoms with van der Waals surface area (Å²) in [6.07, 6.45) is 11.7. The van der Waals surface area contributed by atoms with Crippen LogP contribution in [0.2, 0.25) is 0 Å². The van der Waals surface area contributed by atoms with Gasteiger partial charge in [-0.2, -0.15) is 0 Å². The van der Waals surface area contributed by atoms with E-state index >= 15 is 0 Å². The summed E-state index contributed by atoms with van der Waals surface area (Å²) in [5, 5.41) is 3.55. The fraction of sp³-hybridized carbons (Fsp3) is 0.531. The summed E-state index contributed by atoms with van der Waals surface area (Å²) in [4.78, 5) is 13.8. The van der Waals surface area contributed by atoms with Crippen LogP contribution in [0.3, 0.4) is 0 Å². The highest BCUT2D eigenvalue weighted by Crippen LogP contribution is 2.40. The molecule has 1 saturated carbocycles. The van der Waals surface area contributed by atoms with Crippen molar-refractivity contribution in [1.82, 2.24) is 5.32 Å². The van der Waals surface area contributed by atoms with Gasteiger partial charge in [-0.1, -0.05) is 75.1 Å². The van der Waals surface area contributed by atoms with Crippen molar-refractivity contribution < 1.29 is 19.0 Å². The molecular weight excluding hydrogens is 462 g/mol. The molecule has 0 radical (unpaired) electrons. The lowest BCUT2D eigenvalue weighted by molar-refractivity contribution is -0.158. The minimum atomic E-state index is -0.518. The fourth-order valence-electron chi connectivity index (χ4n) is 5.61. The van der Waals surface area contributed by atoms with E-state index in [0.717, 1.165) is 81.5 Å². The van der Waals surface area contributed by atoms with E-state index in [2.05, 4.69) is 43.1 Å². The smallest absolute Gasteiger partial charge is 0.316 e. The SMILES string of the molecule is C=CC(C)C[C@@H](CCCNCCc1ccc2c(c1)OCO2)OC(=O)C1(c2ccccc2)CCCCCC1. The fourth-order valence-corrected chi connectivity index (χ4v) is 5.61. The highest BCUT2D eigenvalue weighted by molar-refractivity contribution is 5.83. The van der Waals surface area contributed by atoms with Crippen molar-refractivity contribution in [3.8, 4) is 11.5 Å². The third kappa shape index (κ3) is 7.38. The predicted molar refractivity (Wildman–Crippen MR) is 148 cm³/mol. The van der Waals surface area contributed by atoms with E-state index in [1.165, 1.54) is 18.4 Å². The van der Waals surface area contributed by atoms with Gasteiger partial charge in [-0.15, -0.1) is 6.58 Å². The summed E-state index contributed by atoms with van der Waals surface area (Å²) in [7, 11) is 0. The summed E-state index contributed by atoms with van der Waals surface area (Å²) in [5.41, 5.74) is 1.83. The van der Waals surface area contributed by atoms with Crippen LogP contribution in [0.25, 0.3) is 0 Å². The number of nitrogens with one attached hydrogen (secondary N) is 1. The number of benzene rings is 2. The zero-order valence-corrected chi connectivity index (χ0v) is 22.4. The van der Waals surface area contributed by atoms with Crippen LogP contribution in [0.15, 0.2) is 61.2 Å². The number of fused-ring (bicyclic) bond motifs is 1. The summed E-state index contributed by atoms with van der Waals surface area (Å²) in [6.45, 7) is 8.20. The molecule has 0 amide bonds. The number of esters is 1. The standard InChI is InChI=1S/C32H43NO4/c1-3-25(2)22-28(14-11-20-33-21-17-26-15-16-29-30(23-26)36-24-35-29)37-31(34)32(18-9-4-5-10-19-32)27-12-7-6-8-13-27/h3,6-8,12-13,15-16,23,25,28,33H,1,4-5,9-11,14,17-22,24H2,2H3/t25?,28-/m1/s1. The zero-order valence-electron chi connectivity index (χ0n) is 22.4. The summed E-state index contributed by atoms with van der Waals surface area (Å²) < 4.78 is 17.2. The van der Waals surface area contributed by atoms with Crippen LogP contribution in [0, 0.1) is 5.92 Å². The van der Waals surface area contributed by atoms with Crippen LogP contribution >= 0.6 is 0 Å². The molecule has 200 valence electrons. The Morgan fingerprint density at radius 3 is 2.57 bits per heavy atom. The Bertz CT molecular complexity index is 997. The van der Waals surface area contributed by atoms with E-state index in [1.807, 2.05) is 30.3 Å². The normalized spacial score (nSPS) is 18.0. The van der Waals surface area contributed by atoms with Gasteiger partial charge in [0.05, 0.1) is 5.41 Å². The van der Waals surface area contributed by atoms with Crippen LogP contribution < -0.4 is 14.8 Å². The molecule has 5 nitrogen and oxygen atoms in total. The van der Waals surface area contributed by atoms with Gasteiger partial charge in [0.25, 0.3) is 0 Å². The van der Waals surface area contributed by atoms with Crippen molar-refractivity contribution in [2.75, 3.05) is 19.9 Å². The van der Waals surface area contributed by atoms with E-state index in [4.69, 9.17) is 14.2 Å². The molecule has 0 spiro atoms. The van der Waals surface area contributed by atoms with Gasteiger partial charge in [-0.3, -0.25) is 4.79 Å². The maximum Gasteiger partial charge on any atom is 0.316 e. The van der Waals surface area contributed by atoms with Gasteiger partial charge < -0.3 is 19.5 Å². The lowest BCUT2D eigenvalue weighted by Gasteiger charge is -2.33. The first kappa shape index (κ1) is 27.3. The first-order valence-electron chi connectivity index (χ1n) is 14.1. The molecule has 0 aromatic heterocycles. The first-order chi connectivity index (χ1) is 18.1. The second-order valence-electron chi connectivity index (χ2n) is 10.7. The number of rotatable bonds is 13. The van der Waals surface area contributed by atoms with Gasteiger partial charge >= 0.3 is 5.97 Å². The molecule has 0 bridgehead atoms. The summed E-state index contributed by atoms with van der Waals surface area (Å²) in [5.74, 6) is 1.93. The molecule has 0 saturated heterocycles. The van der Waals surface area contributed by atoms with E-state index in [9.17, 15) is 4.79 Å². The molecule has 1 N–H and O–H groups in total. The van der Waals surface area contributed by atoms with E-state index in [1.54, 1.807) is 0 Å². The molecular formula is C32H43NO4. The molecule has 4 rings (SSSR count). The molecule has 1 aliphatic carbocycles. The maximum absolute atomic E-state index is 13.8. The quantitative estimate of drug-likeness (QED) is 0.141. The van der Waals surface area contributed by atoms with Crippen LogP contribution in [-0.2, 0) is 21.4 Å². The maximum atomic E-state index is 13.8. The van der Waals surface area contributed by atoms with Gasteiger partial charge in [0.15, 0.2) is 11.5 Å². The Balaban J connectivity index is 1.30. The summed E-state index contributed by atoms with van der Waals surface area (Å²) in [6, 6.07) is 16.5. The highest BCUT2D eigenvalue weighted by atomic mass is 16.7. The number of carbonyl (C=O) groups excluding carboxylic acids is 1. The molecule has 1 unspecified atom stereocenters. The molecule has 2 aromatic carbocycles. The predicted octanol–water partition coefficient (Wildman–Crippen LogP) is 6.74. The van der Waals surface area contributed by atoms with Crippen molar-refractivity contribution in [3.63, 3.8) is 0 Å². The van der Waals surface area contributed by atoms with Gasteiger partial charge in [0, 0.05) is 0 Å². The van der Waals surface area contributed by atoms with Crippen LogP contribution in [-0.4, -0.2) is 32.0 Å². The van der Waals surface area contributed by atoms with Crippen molar-refractivity contribution >= 4 is 5.97 Å². The topological polar surface area (TPSA) is 56.8 Å². The second kappa shape index (κ2) is 13.7. The lowest BCUT2D eigenvalue weighted by atomic mass is 9.74. The molecule has 2 aliphatic rings. The van der Waals surface area contributed by atoms with Gasteiger partial charge in [-0.25, -0.2) is 0 Å². The zero-order chi connectivity index (χ0) is 25.9. The Morgan fingerprint density at radius 2 is 1.81 bits per heavy atom. The molecule has 5 heteroatoms. The molecule has 1 aliphatic heterocycles. The van der Waals surface area contributed by atoms with E-state index < -0.39 is 5.41 Å². The number of hydrogen-bond donors (Lipinski definition) is 1. The van der Waals surface area contributed by atoms with E-state index in [-0.39, 0.29) is 12.1 Å². The number of ether oxygens (including phenoxy) is 3. The largest absolute Gasteiger partial charge is 0.462 e. The Kier molecular flexibility index (Phi) is 10.1. The number of hydrogen-bond acceptors (Lipinski definition) is 5. The summed E-state index contributed by atoms with van der Waals surface area (Å²) >= 11 is 0. The van der Waals surface area contributed by atoms with Crippen molar-refractivity contribution in [1.29, 1.82) is 0 Å². The Hall–Kier alpha value is -2.79. The van der Waals surface area contributed by atoms with Crippen LogP contribution in [0.1, 0.15) is 75.8 Å². The van der Waals surface area contributed by atoms with Crippen LogP contribution in [0.5, 0.6) is 11.5 Å². The molecule has 2 aromatic rings. The average molecular weight is 506 g/mol. The Morgan fingerprint density at radius 1 is 1.05 bits per heavy atom. The number of allylic oxidation sites excluding steroid dienone is 1. The minimum absolute atomic E-state index is 0.0300. The second-order valence-corrected chi connectivity index (χ2v) is 10.7. The van der Waals surface area contributed by atoms with Crippen molar-refractivity contribution in [3.05, 3.63) is 72.3 Å². The van der Waals surface area contributed by atoms with Crippen LogP contribution in [0.4, 0.5) is 0 Å². The lowest BCUT2D eigenvalue weighted by Crippen LogP contribution is -2.39. The van der Waals surface area contributed by atoms with Gasteiger partial charge in [0.1, 0.15) is 6.10 Å². The molecule has 2 atom stereocenters. The number of carbonyl (C=O) groups is 1. The van der Waals surface area contributed by atoms with Crippen molar-refractivity contribution in [2.45, 2.75) is 82.7 Å². The minimum Gasteiger partial charge on any atom is -0.462 e. The molecule has 1 fully saturated rings. The first-order valence-corrected chi connectivity index (χ1v) is 14.1. The third-order valence-electron chi connectivity index (χ3n) is 7.89. The van der Waals surface area contributed by atoms with E-state index in [0.29, 0.717) is 12.7 Å². The Labute approximate surface area is 222 Å². The highest BCUT2D eigenvalue weighted by Gasteiger charge is 2.42. The average Bonchev–Trinajstić information content (AvgIpc) is 3.24. The monoisotopic (exact) mass is 505 g/mol. The van der Waals surface area contributed by atoms with Crippen molar-refractivity contribution in [2.24, 2.45) is 5.92 Å². The molecule has 37 heavy (non-hydrogen) atoms. The third-order valence-corrected chi connectivity index (χ3v) is 7.89. The van der Waals surface area contributed by atoms with Gasteiger partial charge in [0.2, 0.25) is 6.79 Å².